The van der Waals surface area contributed by atoms with E-state index in [0.29, 0.717) is 11.8 Å². The summed E-state index contributed by atoms with van der Waals surface area (Å²) in [5.41, 5.74) is 2.62. The standard InChI is InChI=1S/C17H16Br2ClN/c18-15-6-5-11(9-16(15)19)12-7-8-21-10-14(12)13-3-1-2-4-17(13)20/h1-6,9,12,14,21H,7-8,10H2. The fraction of sp³-hybridized carbons (Fsp3) is 0.294. The molecule has 0 aromatic heterocycles. The van der Waals surface area contributed by atoms with Crippen molar-refractivity contribution in [2.24, 2.45) is 0 Å². The van der Waals surface area contributed by atoms with Gasteiger partial charge in [-0.2, -0.15) is 0 Å². The average Bonchev–Trinajstić information content (AvgIpc) is 2.51. The second-order valence-electron chi connectivity index (χ2n) is 5.40. The summed E-state index contributed by atoms with van der Waals surface area (Å²) in [7, 11) is 0. The molecule has 2 atom stereocenters. The van der Waals surface area contributed by atoms with Crippen molar-refractivity contribution in [1.29, 1.82) is 0 Å². The van der Waals surface area contributed by atoms with E-state index in [1.165, 1.54) is 11.1 Å². The Labute approximate surface area is 147 Å². The number of rotatable bonds is 2. The van der Waals surface area contributed by atoms with Crippen LogP contribution in [-0.2, 0) is 0 Å². The number of benzene rings is 2. The third kappa shape index (κ3) is 3.37. The Morgan fingerprint density at radius 2 is 1.81 bits per heavy atom. The van der Waals surface area contributed by atoms with Crippen LogP contribution in [0.2, 0.25) is 5.02 Å². The summed E-state index contributed by atoms with van der Waals surface area (Å²) in [4.78, 5) is 0. The summed E-state index contributed by atoms with van der Waals surface area (Å²) in [5, 5.41) is 4.37. The van der Waals surface area contributed by atoms with Gasteiger partial charge in [-0.1, -0.05) is 35.9 Å². The molecule has 110 valence electrons. The van der Waals surface area contributed by atoms with Gasteiger partial charge in [-0.05, 0) is 80.1 Å². The van der Waals surface area contributed by atoms with Crippen LogP contribution in [0.15, 0.2) is 51.4 Å². The van der Waals surface area contributed by atoms with Crippen LogP contribution in [0, 0.1) is 0 Å². The zero-order valence-corrected chi connectivity index (χ0v) is 15.4. The topological polar surface area (TPSA) is 12.0 Å². The van der Waals surface area contributed by atoms with Crippen LogP contribution in [0.4, 0.5) is 0 Å². The number of hydrogen-bond donors (Lipinski definition) is 1. The summed E-state index contributed by atoms with van der Waals surface area (Å²) in [6.45, 7) is 2.03. The molecule has 2 unspecified atom stereocenters. The Morgan fingerprint density at radius 1 is 1.00 bits per heavy atom. The Hall–Kier alpha value is -0.350. The molecule has 21 heavy (non-hydrogen) atoms. The van der Waals surface area contributed by atoms with Gasteiger partial charge in [-0.25, -0.2) is 0 Å². The van der Waals surface area contributed by atoms with E-state index in [-0.39, 0.29) is 0 Å². The molecule has 4 heteroatoms. The van der Waals surface area contributed by atoms with Crippen molar-refractivity contribution < 1.29 is 0 Å². The normalized spacial score (nSPS) is 22.2. The van der Waals surface area contributed by atoms with Crippen LogP contribution in [0.1, 0.15) is 29.4 Å². The van der Waals surface area contributed by atoms with Crippen LogP contribution in [0.3, 0.4) is 0 Å². The Morgan fingerprint density at radius 3 is 2.57 bits per heavy atom. The molecule has 1 N–H and O–H groups in total. The summed E-state index contributed by atoms with van der Waals surface area (Å²) >= 11 is 13.6. The predicted octanol–water partition coefficient (Wildman–Crippen LogP) is 5.73. The monoisotopic (exact) mass is 427 g/mol. The molecule has 1 nitrogen and oxygen atoms in total. The maximum atomic E-state index is 6.42. The van der Waals surface area contributed by atoms with E-state index in [1.807, 2.05) is 12.1 Å². The fourth-order valence-corrected chi connectivity index (χ4v) is 4.02. The molecule has 1 saturated heterocycles. The molecular formula is C17H16Br2ClN. The number of halogens is 3. The van der Waals surface area contributed by atoms with E-state index in [4.69, 9.17) is 11.6 Å². The maximum Gasteiger partial charge on any atom is 0.0441 e. The van der Waals surface area contributed by atoms with Gasteiger partial charge >= 0.3 is 0 Å². The van der Waals surface area contributed by atoms with Gasteiger partial charge in [0.15, 0.2) is 0 Å². The van der Waals surface area contributed by atoms with E-state index in [1.54, 1.807) is 0 Å². The highest BCUT2D eigenvalue weighted by molar-refractivity contribution is 9.13. The SMILES string of the molecule is Clc1ccccc1C1CNCCC1c1ccc(Br)c(Br)c1. The molecule has 1 heterocycles. The van der Waals surface area contributed by atoms with Crippen LogP contribution >= 0.6 is 43.5 Å². The Kier molecular flexibility index (Phi) is 5.05. The van der Waals surface area contributed by atoms with Crippen molar-refractivity contribution >= 4 is 43.5 Å². The largest absolute Gasteiger partial charge is 0.316 e. The van der Waals surface area contributed by atoms with Crippen LogP contribution in [0.25, 0.3) is 0 Å². The quantitative estimate of drug-likeness (QED) is 0.643. The second-order valence-corrected chi connectivity index (χ2v) is 7.52. The lowest BCUT2D eigenvalue weighted by Crippen LogP contribution is -2.34. The van der Waals surface area contributed by atoms with E-state index in [9.17, 15) is 0 Å². The predicted molar refractivity (Wildman–Crippen MR) is 96.3 cm³/mol. The molecule has 0 amide bonds. The van der Waals surface area contributed by atoms with E-state index in [0.717, 1.165) is 33.5 Å². The summed E-state index contributed by atoms with van der Waals surface area (Å²) < 4.78 is 2.20. The molecule has 1 aliphatic rings. The van der Waals surface area contributed by atoms with Gasteiger partial charge in [-0.3, -0.25) is 0 Å². The lowest BCUT2D eigenvalue weighted by Gasteiger charge is -2.33. The molecule has 3 rings (SSSR count). The van der Waals surface area contributed by atoms with E-state index < -0.39 is 0 Å². The van der Waals surface area contributed by atoms with E-state index in [2.05, 4.69) is 67.5 Å². The molecule has 2 aromatic rings. The lowest BCUT2D eigenvalue weighted by atomic mass is 9.77. The minimum Gasteiger partial charge on any atom is -0.316 e. The molecule has 0 aliphatic carbocycles. The molecule has 0 saturated carbocycles. The first-order valence-corrected chi connectivity index (χ1v) is 9.03. The first-order valence-electron chi connectivity index (χ1n) is 7.07. The van der Waals surface area contributed by atoms with Gasteiger partial charge in [0.05, 0.1) is 0 Å². The van der Waals surface area contributed by atoms with Crippen LogP contribution in [-0.4, -0.2) is 13.1 Å². The highest BCUT2D eigenvalue weighted by atomic mass is 79.9. The lowest BCUT2D eigenvalue weighted by molar-refractivity contribution is 0.404. The van der Waals surface area contributed by atoms with Crippen molar-refractivity contribution in [1.82, 2.24) is 5.32 Å². The average molecular weight is 430 g/mol. The molecule has 1 fully saturated rings. The summed E-state index contributed by atoms with van der Waals surface area (Å²) in [5.74, 6) is 0.913. The number of piperidine rings is 1. The first-order chi connectivity index (χ1) is 10.2. The van der Waals surface area contributed by atoms with Gasteiger partial charge in [-0.15, -0.1) is 0 Å². The molecule has 0 spiro atoms. The van der Waals surface area contributed by atoms with Crippen molar-refractivity contribution in [2.45, 2.75) is 18.3 Å². The van der Waals surface area contributed by atoms with Crippen molar-refractivity contribution in [2.75, 3.05) is 13.1 Å². The third-order valence-corrected chi connectivity index (χ3v) is 6.38. The third-order valence-electron chi connectivity index (χ3n) is 4.16. The van der Waals surface area contributed by atoms with Crippen LogP contribution < -0.4 is 5.32 Å². The van der Waals surface area contributed by atoms with Gasteiger partial charge in [0.25, 0.3) is 0 Å². The molecule has 0 bridgehead atoms. The highest BCUT2D eigenvalue weighted by Gasteiger charge is 2.29. The second kappa shape index (κ2) is 6.82. The maximum absolute atomic E-state index is 6.42. The summed E-state index contributed by atoms with van der Waals surface area (Å²) in [6.07, 6.45) is 1.13. The van der Waals surface area contributed by atoms with Gasteiger partial charge in [0, 0.05) is 26.4 Å². The summed E-state index contributed by atoms with van der Waals surface area (Å²) in [6, 6.07) is 14.8. The van der Waals surface area contributed by atoms with Crippen molar-refractivity contribution in [3.8, 4) is 0 Å². The molecule has 2 aromatic carbocycles. The van der Waals surface area contributed by atoms with Crippen LogP contribution in [0.5, 0.6) is 0 Å². The van der Waals surface area contributed by atoms with Gasteiger partial charge < -0.3 is 5.32 Å². The fourth-order valence-electron chi connectivity index (χ4n) is 3.10. The Balaban J connectivity index is 1.98. The number of hydrogen-bond acceptors (Lipinski definition) is 1. The van der Waals surface area contributed by atoms with Crippen molar-refractivity contribution in [3.63, 3.8) is 0 Å². The smallest absolute Gasteiger partial charge is 0.0441 e. The zero-order chi connectivity index (χ0) is 14.8. The first kappa shape index (κ1) is 15.5. The minimum atomic E-state index is 0.417. The highest BCUT2D eigenvalue weighted by Crippen LogP contribution is 2.41. The van der Waals surface area contributed by atoms with E-state index >= 15 is 0 Å². The molecule has 1 aliphatic heterocycles. The minimum absolute atomic E-state index is 0.417. The van der Waals surface area contributed by atoms with Gasteiger partial charge in [0.1, 0.15) is 0 Å². The number of nitrogens with one attached hydrogen (secondary N) is 1. The molecular weight excluding hydrogens is 413 g/mol. The zero-order valence-electron chi connectivity index (χ0n) is 11.5. The molecule has 0 radical (unpaired) electrons. The van der Waals surface area contributed by atoms with Gasteiger partial charge in [0.2, 0.25) is 0 Å². The van der Waals surface area contributed by atoms with Crippen molar-refractivity contribution in [3.05, 3.63) is 67.6 Å². The Bertz CT molecular complexity index is 644.